The summed E-state index contributed by atoms with van der Waals surface area (Å²) in [6, 6.07) is 59.7. The maximum absolute atomic E-state index is 5.15. The molecule has 0 aliphatic rings. The summed E-state index contributed by atoms with van der Waals surface area (Å²) in [4.78, 5) is 15.4. The van der Waals surface area contributed by atoms with Gasteiger partial charge in [-0.1, -0.05) is 121 Å². The van der Waals surface area contributed by atoms with Crippen LogP contribution in [0.5, 0.6) is 0 Å². The molecule has 0 saturated heterocycles. The lowest BCUT2D eigenvalue weighted by Crippen LogP contribution is -2.01. The number of rotatable bonds is 5. The molecule has 7 aromatic carbocycles. The van der Waals surface area contributed by atoms with Gasteiger partial charge in [0, 0.05) is 53.3 Å². The lowest BCUT2D eigenvalue weighted by atomic mass is 10.0. The Balaban J connectivity index is 1.13. The lowest BCUT2D eigenvalue weighted by Gasteiger charge is -2.11. The highest BCUT2D eigenvalue weighted by atomic mass is 32.1. The Morgan fingerprint density at radius 1 is 0.360 bits per heavy atom. The van der Waals surface area contributed by atoms with Crippen molar-refractivity contribution in [3.63, 3.8) is 0 Å². The van der Waals surface area contributed by atoms with Gasteiger partial charge in [0.2, 0.25) is 0 Å². The van der Waals surface area contributed by atoms with Crippen LogP contribution < -0.4 is 0 Å². The van der Waals surface area contributed by atoms with E-state index in [4.69, 9.17) is 15.0 Å². The summed E-state index contributed by atoms with van der Waals surface area (Å²) in [5, 5.41) is 4.95. The van der Waals surface area contributed by atoms with Crippen LogP contribution in [0.1, 0.15) is 0 Å². The smallest absolute Gasteiger partial charge is 0.165 e. The molecule has 0 radical (unpaired) electrons. The third-order valence-electron chi connectivity index (χ3n) is 9.49. The second-order valence-electron chi connectivity index (χ2n) is 12.4. The summed E-state index contributed by atoms with van der Waals surface area (Å²) in [6.07, 6.45) is 0. The van der Waals surface area contributed by atoms with Gasteiger partial charge in [-0.15, -0.1) is 11.3 Å². The third kappa shape index (κ3) is 4.71. The van der Waals surface area contributed by atoms with Crippen LogP contribution >= 0.6 is 11.3 Å². The molecule has 0 fully saturated rings. The Bertz CT molecular complexity index is 2800. The van der Waals surface area contributed by atoms with E-state index >= 15 is 0 Å². The summed E-state index contributed by atoms with van der Waals surface area (Å²) >= 11 is 1.79. The van der Waals surface area contributed by atoms with E-state index in [1.165, 1.54) is 47.5 Å². The van der Waals surface area contributed by atoms with Crippen LogP contribution in [0.25, 0.3) is 93.0 Å². The summed E-state index contributed by atoms with van der Waals surface area (Å²) in [6.45, 7) is 0. The van der Waals surface area contributed by atoms with Crippen molar-refractivity contribution in [1.29, 1.82) is 0 Å². The van der Waals surface area contributed by atoms with Crippen LogP contribution in [0.4, 0.5) is 0 Å². The molecular weight excluding hydrogens is 629 g/mol. The molecule has 50 heavy (non-hydrogen) atoms. The van der Waals surface area contributed by atoms with E-state index in [9.17, 15) is 0 Å². The predicted molar refractivity (Wildman–Crippen MR) is 209 cm³/mol. The van der Waals surface area contributed by atoms with Gasteiger partial charge in [-0.25, -0.2) is 15.0 Å². The van der Waals surface area contributed by atoms with Gasteiger partial charge in [0.05, 0.1) is 11.0 Å². The zero-order chi connectivity index (χ0) is 33.0. The van der Waals surface area contributed by atoms with Crippen molar-refractivity contribution < 1.29 is 0 Å². The molecular formula is C45H28N4S. The number of hydrogen-bond acceptors (Lipinski definition) is 4. The van der Waals surface area contributed by atoms with Crippen molar-refractivity contribution in [3.8, 4) is 51.0 Å². The first kappa shape index (κ1) is 28.6. The van der Waals surface area contributed by atoms with Gasteiger partial charge in [-0.2, -0.15) is 0 Å². The van der Waals surface area contributed by atoms with Gasteiger partial charge in [0.25, 0.3) is 0 Å². The van der Waals surface area contributed by atoms with Crippen LogP contribution in [0, 0.1) is 0 Å². The molecule has 3 heterocycles. The summed E-state index contributed by atoms with van der Waals surface area (Å²) < 4.78 is 4.76. The van der Waals surface area contributed by atoms with Crippen LogP contribution in [0.2, 0.25) is 0 Å². The Morgan fingerprint density at radius 2 is 0.860 bits per heavy atom. The fourth-order valence-corrected chi connectivity index (χ4v) is 8.29. The van der Waals surface area contributed by atoms with Crippen LogP contribution in [0.15, 0.2) is 170 Å². The number of nitrogens with zero attached hydrogens (tertiary/aromatic N) is 4. The quantitative estimate of drug-likeness (QED) is 0.185. The zero-order valence-corrected chi connectivity index (χ0v) is 27.7. The van der Waals surface area contributed by atoms with E-state index in [1.54, 1.807) is 11.3 Å². The zero-order valence-electron chi connectivity index (χ0n) is 26.9. The summed E-state index contributed by atoms with van der Waals surface area (Å²) in [7, 11) is 0. The van der Waals surface area contributed by atoms with Crippen molar-refractivity contribution in [3.05, 3.63) is 170 Å². The number of thiophene rings is 1. The van der Waals surface area contributed by atoms with Crippen molar-refractivity contribution in [1.82, 2.24) is 19.5 Å². The van der Waals surface area contributed by atoms with Crippen molar-refractivity contribution >= 4 is 53.3 Å². The highest BCUT2D eigenvalue weighted by Crippen LogP contribution is 2.40. The molecule has 0 N–H and O–H groups in total. The molecule has 10 rings (SSSR count). The maximum atomic E-state index is 5.15. The van der Waals surface area contributed by atoms with E-state index in [0.717, 1.165) is 27.9 Å². The molecule has 0 aliphatic heterocycles. The van der Waals surface area contributed by atoms with E-state index < -0.39 is 0 Å². The average molecular weight is 657 g/mol. The van der Waals surface area contributed by atoms with Crippen LogP contribution in [-0.4, -0.2) is 19.5 Å². The minimum absolute atomic E-state index is 0.643. The van der Waals surface area contributed by atoms with Crippen LogP contribution in [0.3, 0.4) is 0 Å². The average Bonchev–Trinajstić information content (AvgIpc) is 3.74. The molecule has 0 atom stereocenters. The van der Waals surface area contributed by atoms with Gasteiger partial charge in [0.15, 0.2) is 17.5 Å². The monoisotopic (exact) mass is 656 g/mol. The van der Waals surface area contributed by atoms with Crippen molar-refractivity contribution in [2.45, 2.75) is 0 Å². The maximum Gasteiger partial charge on any atom is 0.165 e. The molecule has 5 heteroatoms. The van der Waals surface area contributed by atoms with Gasteiger partial charge in [-0.3, -0.25) is 0 Å². The fraction of sp³-hybridized carbons (Fsp3) is 0. The Morgan fingerprint density at radius 3 is 1.54 bits per heavy atom. The van der Waals surface area contributed by atoms with Gasteiger partial charge in [0.1, 0.15) is 0 Å². The van der Waals surface area contributed by atoms with Crippen molar-refractivity contribution in [2.75, 3.05) is 0 Å². The minimum atomic E-state index is 0.643. The first-order valence-corrected chi connectivity index (χ1v) is 17.5. The Hall–Kier alpha value is -6.43. The van der Waals surface area contributed by atoms with E-state index in [0.29, 0.717) is 17.5 Å². The molecule has 10 aromatic rings. The fourth-order valence-electron chi connectivity index (χ4n) is 7.08. The SMILES string of the molecule is c1ccc(-c2ccc(-c3nc(-c4ccc(-n5c6ccccc6c6ccccc65)cc4)nc(-c4cccc5c4sc4ccccc45)n3)cc2)cc1. The van der Waals surface area contributed by atoms with Gasteiger partial charge >= 0.3 is 0 Å². The summed E-state index contributed by atoms with van der Waals surface area (Å²) in [5.74, 6) is 1.96. The Labute approximate surface area is 292 Å². The second-order valence-corrected chi connectivity index (χ2v) is 13.5. The third-order valence-corrected chi connectivity index (χ3v) is 10.7. The van der Waals surface area contributed by atoms with Gasteiger partial charge < -0.3 is 4.57 Å². The first-order chi connectivity index (χ1) is 24.8. The number of fused-ring (bicyclic) bond motifs is 6. The molecule has 0 amide bonds. The number of aromatic nitrogens is 4. The molecule has 4 nitrogen and oxygen atoms in total. The minimum Gasteiger partial charge on any atom is -0.309 e. The summed E-state index contributed by atoms with van der Waals surface area (Å²) in [5.41, 5.74) is 8.67. The highest BCUT2D eigenvalue weighted by Gasteiger charge is 2.17. The van der Waals surface area contributed by atoms with E-state index in [1.807, 2.05) is 6.07 Å². The standard InChI is InChI=1S/C45H28N4S/c1-2-11-29(12-3-1)30-21-23-31(24-22-30)43-46-44(48-45(47-43)38-17-10-16-37-36-15-6-9-20-41(36)50-42(37)38)32-25-27-33(28-26-32)49-39-18-7-4-13-34(39)35-14-5-8-19-40(35)49/h1-28H. The topological polar surface area (TPSA) is 43.6 Å². The predicted octanol–water partition coefficient (Wildman–Crippen LogP) is 12.0. The Kier molecular flexibility index (Phi) is 6.64. The van der Waals surface area contributed by atoms with E-state index in [2.05, 4.69) is 168 Å². The highest BCUT2D eigenvalue weighted by molar-refractivity contribution is 7.26. The van der Waals surface area contributed by atoms with E-state index in [-0.39, 0.29) is 0 Å². The first-order valence-electron chi connectivity index (χ1n) is 16.7. The molecule has 0 spiro atoms. The molecule has 0 unspecified atom stereocenters. The molecule has 234 valence electrons. The molecule has 0 bridgehead atoms. The number of para-hydroxylation sites is 2. The van der Waals surface area contributed by atoms with Gasteiger partial charge in [-0.05, 0) is 59.7 Å². The van der Waals surface area contributed by atoms with Crippen LogP contribution in [-0.2, 0) is 0 Å². The van der Waals surface area contributed by atoms with Crippen molar-refractivity contribution in [2.24, 2.45) is 0 Å². The lowest BCUT2D eigenvalue weighted by molar-refractivity contribution is 1.08. The normalized spacial score (nSPS) is 11.6. The largest absolute Gasteiger partial charge is 0.309 e. The second kappa shape index (κ2) is 11.6. The number of hydrogen-bond donors (Lipinski definition) is 0. The molecule has 3 aromatic heterocycles. The number of benzene rings is 7. The molecule has 0 saturated carbocycles. The molecule has 0 aliphatic carbocycles.